The molecule has 0 spiro atoms. The number of anilines is 1. The van der Waals surface area contributed by atoms with Crippen LogP contribution in [0.2, 0.25) is 0 Å². The number of carbonyl (C=O) groups excluding carboxylic acids is 1. The van der Waals surface area contributed by atoms with E-state index >= 15 is 0 Å². The quantitative estimate of drug-likeness (QED) is 0.774. The van der Waals surface area contributed by atoms with Gasteiger partial charge in [-0.25, -0.2) is 0 Å². The molecule has 2 aromatic carbocycles. The minimum Gasteiger partial charge on any atom is -0.497 e. The molecule has 5 nitrogen and oxygen atoms in total. The second-order valence-corrected chi connectivity index (χ2v) is 5.13. The van der Waals surface area contributed by atoms with E-state index in [1.807, 2.05) is 31.2 Å². The molecule has 0 aliphatic rings. The molecule has 3 aromatic rings. The molecule has 0 saturated heterocycles. The van der Waals surface area contributed by atoms with Gasteiger partial charge in [0.25, 0.3) is 5.91 Å². The van der Waals surface area contributed by atoms with Crippen LogP contribution in [0, 0.1) is 0 Å². The summed E-state index contributed by atoms with van der Waals surface area (Å²) in [6.45, 7) is 2.48. The third kappa shape index (κ3) is 3.15. The van der Waals surface area contributed by atoms with E-state index in [9.17, 15) is 4.79 Å². The van der Waals surface area contributed by atoms with Crippen LogP contribution in [0.3, 0.4) is 0 Å². The fourth-order valence-electron chi connectivity index (χ4n) is 2.49. The summed E-state index contributed by atoms with van der Waals surface area (Å²) < 4.78 is 10.8. The van der Waals surface area contributed by atoms with Crippen LogP contribution < -0.4 is 14.8 Å². The van der Waals surface area contributed by atoms with Gasteiger partial charge in [-0.05, 0) is 49.4 Å². The Hall–Kier alpha value is -3.08. The molecule has 1 heterocycles. The molecule has 122 valence electrons. The number of hydrogen-bond donors (Lipinski definition) is 1. The first-order valence-corrected chi connectivity index (χ1v) is 7.69. The third-order valence-corrected chi connectivity index (χ3v) is 3.61. The van der Waals surface area contributed by atoms with Crippen molar-refractivity contribution in [1.29, 1.82) is 0 Å². The standard InChI is InChI=1S/C19H18N2O3/c1-3-24-17-10-9-16(15-8-5-11-20-18(15)17)21-19(22)13-6-4-7-14(12-13)23-2/h4-12H,3H2,1-2H3,(H,21,22). The van der Waals surface area contributed by atoms with Crippen LogP contribution in [0.15, 0.2) is 54.7 Å². The van der Waals surface area contributed by atoms with Crippen molar-refractivity contribution in [2.75, 3.05) is 19.0 Å². The number of pyridine rings is 1. The number of nitrogens with one attached hydrogen (secondary N) is 1. The third-order valence-electron chi connectivity index (χ3n) is 3.61. The van der Waals surface area contributed by atoms with Gasteiger partial charge in [0, 0.05) is 17.1 Å². The average Bonchev–Trinajstić information content (AvgIpc) is 2.64. The van der Waals surface area contributed by atoms with E-state index in [0.717, 1.165) is 10.9 Å². The van der Waals surface area contributed by atoms with Gasteiger partial charge in [0.1, 0.15) is 17.0 Å². The first kappa shape index (κ1) is 15.8. The second kappa shape index (κ2) is 7.00. The van der Waals surface area contributed by atoms with Gasteiger partial charge < -0.3 is 14.8 Å². The van der Waals surface area contributed by atoms with Crippen LogP contribution in [0.25, 0.3) is 10.9 Å². The van der Waals surface area contributed by atoms with Crippen molar-refractivity contribution in [3.05, 3.63) is 60.3 Å². The van der Waals surface area contributed by atoms with Crippen LogP contribution >= 0.6 is 0 Å². The van der Waals surface area contributed by atoms with Crippen LogP contribution in [0.1, 0.15) is 17.3 Å². The Kier molecular flexibility index (Phi) is 4.61. The lowest BCUT2D eigenvalue weighted by atomic mass is 10.1. The molecule has 5 heteroatoms. The Morgan fingerprint density at radius 1 is 1.17 bits per heavy atom. The van der Waals surface area contributed by atoms with Crippen molar-refractivity contribution in [1.82, 2.24) is 4.98 Å². The van der Waals surface area contributed by atoms with Gasteiger partial charge in [-0.2, -0.15) is 0 Å². The van der Waals surface area contributed by atoms with Gasteiger partial charge >= 0.3 is 0 Å². The Bertz CT molecular complexity index is 877. The van der Waals surface area contributed by atoms with E-state index < -0.39 is 0 Å². The molecule has 0 radical (unpaired) electrons. The zero-order chi connectivity index (χ0) is 16.9. The first-order chi connectivity index (χ1) is 11.7. The highest BCUT2D eigenvalue weighted by molar-refractivity contribution is 6.09. The minimum absolute atomic E-state index is 0.205. The van der Waals surface area contributed by atoms with Gasteiger partial charge in [-0.3, -0.25) is 9.78 Å². The lowest BCUT2D eigenvalue weighted by Crippen LogP contribution is -2.12. The smallest absolute Gasteiger partial charge is 0.255 e. The highest BCUT2D eigenvalue weighted by Crippen LogP contribution is 2.30. The summed E-state index contributed by atoms with van der Waals surface area (Å²) in [7, 11) is 1.57. The minimum atomic E-state index is -0.205. The van der Waals surface area contributed by atoms with Crippen molar-refractivity contribution in [2.24, 2.45) is 0 Å². The Labute approximate surface area is 140 Å². The fraction of sp³-hybridized carbons (Fsp3) is 0.158. The van der Waals surface area contributed by atoms with E-state index in [-0.39, 0.29) is 5.91 Å². The van der Waals surface area contributed by atoms with Crippen molar-refractivity contribution < 1.29 is 14.3 Å². The maximum absolute atomic E-state index is 12.5. The van der Waals surface area contributed by atoms with Crippen LogP contribution in [0.5, 0.6) is 11.5 Å². The van der Waals surface area contributed by atoms with E-state index in [1.54, 1.807) is 37.6 Å². The van der Waals surface area contributed by atoms with Gasteiger partial charge in [0.15, 0.2) is 0 Å². The molecule has 3 rings (SSSR count). The molecule has 0 atom stereocenters. The molecule has 1 aromatic heterocycles. The predicted octanol–water partition coefficient (Wildman–Crippen LogP) is 3.89. The summed E-state index contributed by atoms with van der Waals surface area (Å²) in [5.74, 6) is 1.14. The second-order valence-electron chi connectivity index (χ2n) is 5.13. The number of carbonyl (C=O) groups is 1. The Balaban J connectivity index is 1.95. The number of benzene rings is 2. The summed E-state index contributed by atoms with van der Waals surface area (Å²) in [5.41, 5.74) is 1.94. The number of hydrogen-bond acceptors (Lipinski definition) is 4. The molecule has 0 saturated carbocycles. The zero-order valence-corrected chi connectivity index (χ0v) is 13.6. The molecule has 1 amide bonds. The predicted molar refractivity (Wildman–Crippen MR) is 93.9 cm³/mol. The first-order valence-electron chi connectivity index (χ1n) is 7.69. The summed E-state index contributed by atoms with van der Waals surface area (Å²) in [5, 5.41) is 3.76. The molecule has 24 heavy (non-hydrogen) atoms. The largest absolute Gasteiger partial charge is 0.497 e. The van der Waals surface area contributed by atoms with E-state index in [0.29, 0.717) is 29.4 Å². The SMILES string of the molecule is CCOc1ccc(NC(=O)c2cccc(OC)c2)c2cccnc12. The molecule has 1 N–H and O–H groups in total. The number of nitrogens with zero attached hydrogens (tertiary/aromatic N) is 1. The highest BCUT2D eigenvalue weighted by Gasteiger charge is 2.12. The van der Waals surface area contributed by atoms with Gasteiger partial charge in [-0.15, -0.1) is 0 Å². The normalized spacial score (nSPS) is 10.4. The molecular formula is C19H18N2O3. The topological polar surface area (TPSA) is 60.5 Å². The van der Waals surface area contributed by atoms with Crippen molar-refractivity contribution >= 4 is 22.5 Å². The van der Waals surface area contributed by atoms with Crippen LogP contribution in [-0.2, 0) is 0 Å². The van der Waals surface area contributed by atoms with E-state index in [1.165, 1.54) is 0 Å². The molecule has 0 fully saturated rings. The van der Waals surface area contributed by atoms with Crippen molar-refractivity contribution in [2.45, 2.75) is 6.92 Å². The summed E-state index contributed by atoms with van der Waals surface area (Å²) >= 11 is 0. The number of rotatable bonds is 5. The number of fused-ring (bicyclic) bond motifs is 1. The maximum Gasteiger partial charge on any atom is 0.255 e. The van der Waals surface area contributed by atoms with Gasteiger partial charge in [0.2, 0.25) is 0 Å². The van der Waals surface area contributed by atoms with Crippen molar-refractivity contribution in [3.63, 3.8) is 0 Å². The van der Waals surface area contributed by atoms with E-state index in [2.05, 4.69) is 10.3 Å². The zero-order valence-electron chi connectivity index (χ0n) is 13.6. The van der Waals surface area contributed by atoms with Crippen molar-refractivity contribution in [3.8, 4) is 11.5 Å². The monoisotopic (exact) mass is 322 g/mol. The van der Waals surface area contributed by atoms with E-state index in [4.69, 9.17) is 9.47 Å². The van der Waals surface area contributed by atoms with Crippen LogP contribution in [-0.4, -0.2) is 24.6 Å². The molecule has 0 bridgehead atoms. The average molecular weight is 322 g/mol. The number of ether oxygens (including phenoxy) is 2. The maximum atomic E-state index is 12.5. The summed E-state index contributed by atoms with van der Waals surface area (Å²) in [6, 6.07) is 14.4. The van der Waals surface area contributed by atoms with Gasteiger partial charge in [0.05, 0.1) is 19.4 Å². The Morgan fingerprint density at radius 2 is 2.04 bits per heavy atom. The molecule has 0 unspecified atom stereocenters. The number of methoxy groups -OCH3 is 1. The fourth-order valence-corrected chi connectivity index (χ4v) is 2.49. The molecule has 0 aliphatic carbocycles. The Morgan fingerprint density at radius 3 is 2.83 bits per heavy atom. The number of aromatic nitrogens is 1. The summed E-state index contributed by atoms with van der Waals surface area (Å²) in [6.07, 6.45) is 1.71. The van der Waals surface area contributed by atoms with Gasteiger partial charge in [-0.1, -0.05) is 6.07 Å². The number of amides is 1. The summed E-state index contributed by atoms with van der Waals surface area (Å²) in [4.78, 5) is 16.9. The van der Waals surface area contributed by atoms with Crippen LogP contribution in [0.4, 0.5) is 5.69 Å². The lowest BCUT2D eigenvalue weighted by molar-refractivity contribution is 0.102. The molecule has 0 aliphatic heterocycles. The molecular weight excluding hydrogens is 304 g/mol. The highest BCUT2D eigenvalue weighted by atomic mass is 16.5. The lowest BCUT2D eigenvalue weighted by Gasteiger charge is -2.12.